The summed E-state index contributed by atoms with van der Waals surface area (Å²) in [5, 5.41) is 3.42. The van der Waals surface area contributed by atoms with Crippen LogP contribution in [0, 0.1) is 5.82 Å². The molecule has 126 valence electrons. The first kappa shape index (κ1) is 17.9. The summed E-state index contributed by atoms with van der Waals surface area (Å²) in [5.41, 5.74) is 1.50. The highest BCUT2D eigenvalue weighted by atomic mass is 35.5. The van der Waals surface area contributed by atoms with Crippen LogP contribution in [0.5, 0.6) is 0 Å². The van der Waals surface area contributed by atoms with Crippen LogP contribution in [0.1, 0.15) is 12.5 Å². The summed E-state index contributed by atoms with van der Waals surface area (Å²) >= 11 is 5.91. The molecule has 2 aromatic rings. The van der Waals surface area contributed by atoms with Crippen molar-refractivity contribution in [1.29, 1.82) is 0 Å². The normalized spacial score (nSPS) is 10.3. The molecule has 0 bridgehead atoms. The average Bonchev–Trinajstić information content (AvgIpc) is 2.53. The topological polar surface area (TPSA) is 49.4 Å². The van der Waals surface area contributed by atoms with E-state index in [1.54, 1.807) is 6.07 Å². The zero-order valence-corrected chi connectivity index (χ0v) is 14.0. The Morgan fingerprint density at radius 2 is 1.88 bits per heavy atom. The van der Waals surface area contributed by atoms with Gasteiger partial charge in [-0.15, -0.1) is 0 Å². The molecule has 6 heteroatoms. The number of carbonyl (C=O) groups is 2. The molecule has 4 nitrogen and oxygen atoms in total. The lowest BCUT2D eigenvalue weighted by molar-refractivity contribution is -0.123. The maximum atomic E-state index is 13.0. The Morgan fingerprint density at radius 3 is 2.50 bits per heavy atom. The third-order valence-electron chi connectivity index (χ3n) is 3.45. The van der Waals surface area contributed by atoms with Crippen LogP contribution in [0.15, 0.2) is 48.5 Å². The summed E-state index contributed by atoms with van der Waals surface area (Å²) in [7, 11) is 0. The Kier molecular flexibility index (Phi) is 6.32. The summed E-state index contributed by atoms with van der Waals surface area (Å²) in [6, 6.07) is 12.9. The van der Waals surface area contributed by atoms with Crippen molar-refractivity contribution >= 4 is 29.1 Å². The van der Waals surface area contributed by atoms with Crippen LogP contribution < -0.4 is 10.2 Å². The molecule has 0 heterocycles. The highest BCUT2D eigenvalue weighted by molar-refractivity contribution is 6.30. The van der Waals surface area contributed by atoms with Crippen LogP contribution in [-0.2, 0) is 16.0 Å². The molecule has 0 saturated heterocycles. The van der Waals surface area contributed by atoms with E-state index in [1.165, 1.54) is 36.1 Å². The Labute approximate surface area is 145 Å². The second kappa shape index (κ2) is 8.45. The fraction of sp³-hybridized carbons (Fsp3) is 0.222. The van der Waals surface area contributed by atoms with E-state index < -0.39 is 5.82 Å². The van der Waals surface area contributed by atoms with Gasteiger partial charge in [-0.05, 0) is 48.4 Å². The number of hydrogen-bond acceptors (Lipinski definition) is 2. The van der Waals surface area contributed by atoms with E-state index in [0.717, 1.165) is 5.56 Å². The maximum Gasteiger partial charge on any atom is 0.240 e. The lowest BCUT2D eigenvalue weighted by Gasteiger charge is -2.20. The number of benzene rings is 2. The van der Waals surface area contributed by atoms with Gasteiger partial charge in [0, 0.05) is 24.2 Å². The minimum absolute atomic E-state index is 0.115. The molecular weight excluding hydrogens is 331 g/mol. The largest absolute Gasteiger partial charge is 0.354 e. The van der Waals surface area contributed by atoms with Gasteiger partial charge in [0.1, 0.15) is 12.4 Å². The van der Waals surface area contributed by atoms with Crippen LogP contribution in [0.3, 0.4) is 0 Å². The second-order valence-corrected chi connectivity index (χ2v) is 5.75. The molecular formula is C18H18ClFN2O2. The second-order valence-electron chi connectivity index (χ2n) is 5.31. The van der Waals surface area contributed by atoms with E-state index in [-0.39, 0.29) is 18.4 Å². The van der Waals surface area contributed by atoms with Gasteiger partial charge in [-0.3, -0.25) is 9.59 Å². The van der Waals surface area contributed by atoms with Gasteiger partial charge in [-0.1, -0.05) is 23.7 Å². The van der Waals surface area contributed by atoms with Crippen LogP contribution in [-0.4, -0.2) is 24.9 Å². The van der Waals surface area contributed by atoms with Gasteiger partial charge in [0.2, 0.25) is 11.8 Å². The van der Waals surface area contributed by atoms with Crippen molar-refractivity contribution in [3.63, 3.8) is 0 Å². The number of halogens is 2. The summed E-state index contributed by atoms with van der Waals surface area (Å²) < 4.78 is 13.0. The van der Waals surface area contributed by atoms with Gasteiger partial charge < -0.3 is 10.2 Å². The number of rotatable bonds is 6. The maximum absolute atomic E-state index is 13.0. The number of carbonyl (C=O) groups excluding carboxylic acids is 2. The molecule has 0 saturated carbocycles. The van der Waals surface area contributed by atoms with Crippen molar-refractivity contribution in [1.82, 2.24) is 5.32 Å². The van der Waals surface area contributed by atoms with Crippen LogP contribution in [0.2, 0.25) is 5.02 Å². The molecule has 0 aliphatic heterocycles. The third-order valence-corrected chi connectivity index (χ3v) is 3.68. The first-order valence-corrected chi connectivity index (χ1v) is 7.88. The van der Waals surface area contributed by atoms with Crippen molar-refractivity contribution in [2.45, 2.75) is 13.3 Å². The van der Waals surface area contributed by atoms with Gasteiger partial charge in [0.05, 0.1) is 0 Å². The molecule has 0 fully saturated rings. The highest BCUT2D eigenvalue weighted by Gasteiger charge is 2.15. The van der Waals surface area contributed by atoms with E-state index in [4.69, 9.17) is 11.6 Å². The Hall–Kier alpha value is -2.40. The number of hydrogen-bond donors (Lipinski definition) is 1. The van der Waals surface area contributed by atoms with Crippen molar-refractivity contribution in [2.24, 2.45) is 0 Å². The molecule has 0 unspecified atom stereocenters. The van der Waals surface area contributed by atoms with Crippen LogP contribution in [0.25, 0.3) is 0 Å². The number of anilines is 1. The zero-order valence-electron chi connectivity index (χ0n) is 13.3. The first-order valence-electron chi connectivity index (χ1n) is 7.50. The fourth-order valence-corrected chi connectivity index (χ4v) is 2.46. The van der Waals surface area contributed by atoms with Crippen molar-refractivity contribution in [3.8, 4) is 0 Å². The predicted molar refractivity (Wildman–Crippen MR) is 92.6 cm³/mol. The van der Waals surface area contributed by atoms with Crippen molar-refractivity contribution in [3.05, 3.63) is 64.9 Å². The first-order chi connectivity index (χ1) is 11.5. The quantitative estimate of drug-likeness (QED) is 0.871. The summed E-state index contributed by atoms with van der Waals surface area (Å²) in [4.78, 5) is 25.1. The van der Waals surface area contributed by atoms with Crippen molar-refractivity contribution < 1.29 is 14.0 Å². The molecule has 24 heavy (non-hydrogen) atoms. The number of amides is 2. The fourth-order valence-electron chi connectivity index (χ4n) is 2.24. The lowest BCUT2D eigenvalue weighted by atomic mass is 10.1. The SMILES string of the molecule is CC(=O)N(CC(=O)NCCc1cccc(Cl)c1)c1ccc(F)cc1. The molecule has 0 spiro atoms. The summed E-state index contributed by atoms with van der Waals surface area (Å²) in [6.07, 6.45) is 0.642. The minimum atomic E-state index is -0.395. The molecule has 2 amide bonds. The minimum Gasteiger partial charge on any atom is -0.354 e. The molecule has 0 aromatic heterocycles. The van der Waals surface area contributed by atoms with E-state index in [0.29, 0.717) is 23.7 Å². The van der Waals surface area contributed by atoms with E-state index in [9.17, 15) is 14.0 Å². The van der Waals surface area contributed by atoms with Gasteiger partial charge >= 0.3 is 0 Å². The highest BCUT2D eigenvalue weighted by Crippen LogP contribution is 2.15. The molecule has 2 aromatic carbocycles. The van der Waals surface area contributed by atoms with Crippen LogP contribution in [0.4, 0.5) is 10.1 Å². The predicted octanol–water partition coefficient (Wildman–Crippen LogP) is 3.19. The average molecular weight is 349 g/mol. The number of nitrogens with zero attached hydrogens (tertiary/aromatic N) is 1. The Balaban J connectivity index is 1.89. The van der Waals surface area contributed by atoms with Gasteiger partial charge in [0.15, 0.2) is 0 Å². The van der Waals surface area contributed by atoms with E-state index in [1.807, 2.05) is 18.2 Å². The molecule has 2 rings (SSSR count). The monoisotopic (exact) mass is 348 g/mol. The smallest absolute Gasteiger partial charge is 0.240 e. The summed E-state index contributed by atoms with van der Waals surface area (Å²) in [5.74, 6) is -0.962. The van der Waals surface area contributed by atoms with E-state index in [2.05, 4.69) is 5.32 Å². The Bertz CT molecular complexity index is 719. The molecule has 0 radical (unpaired) electrons. The van der Waals surface area contributed by atoms with E-state index >= 15 is 0 Å². The molecule has 0 aliphatic carbocycles. The Morgan fingerprint density at radius 1 is 1.17 bits per heavy atom. The van der Waals surface area contributed by atoms with Crippen LogP contribution >= 0.6 is 11.6 Å². The summed E-state index contributed by atoms with van der Waals surface area (Å²) in [6.45, 7) is 1.69. The van der Waals surface area contributed by atoms with Gasteiger partial charge in [0.25, 0.3) is 0 Å². The molecule has 0 aliphatic rings. The lowest BCUT2D eigenvalue weighted by Crippen LogP contribution is -2.40. The standard InChI is InChI=1S/C18H18ClFN2O2/c1-13(23)22(17-7-5-16(20)6-8-17)12-18(24)21-10-9-14-3-2-4-15(19)11-14/h2-8,11H,9-10,12H2,1H3,(H,21,24). The number of nitrogens with one attached hydrogen (secondary N) is 1. The zero-order chi connectivity index (χ0) is 17.5. The van der Waals surface area contributed by atoms with Gasteiger partial charge in [-0.2, -0.15) is 0 Å². The van der Waals surface area contributed by atoms with Crippen molar-refractivity contribution in [2.75, 3.05) is 18.0 Å². The third kappa shape index (κ3) is 5.35. The molecule has 0 atom stereocenters. The molecule has 1 N–H and O–H groups in total. The van der Waals surface area contributed by atoms with Gasteiger partial charge in [-0.25, -0.2) is 4.39 Å².